The molecule has 0 aromatic heterocycles. The Morgan fingerprint density at radius 1 is 1.06 bits per heavy atom. The molecule has 0 heterocycles. The fourth-order valence-electron chi connectivity index (χ4n) is 4.14. The number of carbonyl (C=O) groups is 3. The minimum atomic E-state index is -3.76. The molecule has 1 aromatic carbocycles. The predicted octanol–water partition coefficient (Wildman–Crippen LogP) is 2.84. The van der Waals surface area contributed by atoms with Crippen molar-refractivity contribution in [1.29, 1.82) is 0 Å². The molecule has 0 bridgehead atoms. The lowest BCUT2D eigenvalue weighted by Gasteiger charge is -2.25. The number of esters is 3. The molecule has 0 amide bonds. The van der Waals surface area contributed by atoms with Crippen LogP contribution in [0, 0.1) is 24.2 Å². The van der Waals surface area contributed by atoms with Gasteiger partial charge in [0.1, 0.15) is 4.83 Å². The Bertz CT molecular complexity index is 923. The highest BCUT2D eigenvalue weighted by molar-refractivity contribution is 9.10. The molecule has 0 spiro atoms. The molecule has 2 rings (SSSR count). The zero-order valence-electron chi connectivity index (χ0n) is 18.6. The van der Waals surface area contributed by atoms with Crippen LogP contribution in [0.4, 0.5) is 0 Å². The van der Waals surface area contributed by atoms with Gasteiger partial charge < -0.3 is 14.2 Å². The monoisotopic (exact) mass is 532 g/mol. The van der Waals surface area contributed by atoms with Crippen molar-refractivity contribution < 1.29 is 37.0 Å². The van der Waals surface area contributed by atoms with Crippen molar-refractivity contribution in [3.63, 3.8) is 0 Å². The van der Waals surface area contributed by atoms with Crippen molar-refractivity contribution in [3.05, 3.63) is 29.8 Å². The van der Waals surface area contributed by atoms with Crippen LogP contribution in [0.2, 0.25) is 0 Å². The van der Waals surface area contributed by atoms with E-state index in [2.05, 4.69) is 15.9 Å². The quantitative estimate of drug-likeness (QED) is 0.206. The average Bonchev–Trinajstić information content (AvgIpc) is 3.13. The van der Waals surface area contributed by atoms with E-state index >= 15 is 0 Å². The maximum atomic E-state index is 13.1. The molecule has 32 heavy (non-hydrogen) atoms. The van der Waals surface area contributed by atoms with Crippen LogP contribution in [0.5, 0.6) is 0 Å². The van der Waals surface area contributed by atoms with Gasteiger partial charge in [-0.05, 0) is 57.6 Å². The highest BCUT2D eigenvalue weighted by Gasteiger charge is 2.60. The Labute approximate surface area is 197 Å². The van der Waals surface area contributed by atoms with Gasteiger partial charge in [0.2, 0.25) is 0 Å². The van der Waals surface area contributed by atoms with E-state index in [1.165, 1.54) is 19.2 Å². The van der Waals surface area contributed by atoms with E-state index in [0.29, 0.717) is 0 Å². The smallest absolute Gasteiger partial charge is 0.323 e. The van der Waals surface area contributed by atoms with Crippen LogP contribution in [0.1, 0.15) is 32.3 Å². The second-order valence-corrected chi connectivity index (χ2v) is 10.9. The van der Waals surface area contributed by atoms with Crippen molar-refractivity contribution in [2.75, 3.05) is 26.1 Å². The lowest BCUT2D eigenvalue weighted by Crippen LogP contribution is -2.41. The molecule has 178 valence electrons. The van der Waals surface area contributed by atoms with Crippen LogP contribution < -0.4 is 0 Å². The van der Waals surface area contributed by atoms with Gasteiger partial charge in [0, 0.05) is 0 Å². The summed E-state index contributed by atoms with van der Waals surface area (Å²) in [7, 11) is -2.55. The molecule has 0 radical (unpaired) electrons. The second-order valence-electron chi connectivity index (χ2n) is 7.87. The molecular formula is C22H29BrO8S. The normalized spacial score (nSPS) is 20.9. The molecule has 0 aliphatic heterocycles. The first-order valence-corrected chi connectivity index (χ1v) is 12.9. The van der Waals surface area contributed by atoms with Gasteiger partial charge in [-0.3, -0.25) is 14.4 Å². The first kappa shape index (κ1) is 26.3. The summed E-state index contributed by atoms with van der Waals surface area (Å²) in [5.41, 5.74) is -0.776. The molecule has 0 saturated heterocycles. The van der Waals surface area contributed by atoms with Gasteiger partial charge in [0.25, 0.3) is 0 Å². The fourth-order valence-corrected chi connectivity index (χ4v) is 6.62. The van der Waals surface area contributed by atoms with Gasteiger partial charge >= 0.3 is 17.9 Å². The zero-order valence-corrected chi connectivity index (χ0v) is 21.0. The van der Waals surface area contributed by atoms with E-state index in [1.807, 2.05) is 6.92 Å². The number of hydrogen-bond donors (Lipinski definition) is 0. The van der Waals surface area contributed by atoms with Gasteiger partial charge in [-0.2, -0.15) is 0 Å². The summed E-state index contributed by atoms with van der Waals surface area (Å²) in [6, 6.07) is 6.43. The molecule has 1 aromatic rings. The van der Waals surface area contributed by atoms with E-state index in [1.54, 1.807) is 26.0 Å². The van der Waals surface area contributed by atoms with E-state index < -0.39 is 49.8 Å². The third-order valence-corrected chi connectivity index (χ3v) is 8.66. The van der Waals surface area contributed by atoms with Crippen molar-refractivity contribution >= 4 is 43.7 Å². The Morgan fingerprint density at radius 2 is 1.59 bits per heavy atom. The number of sulfone groups is 1. The van der Waals surface area contributed by atoms with Gasteiger partial charge in [-0.25, -0.2) is 8.42 Å². The van der Waals surface area contributed by atoms with Crippen LogP contribution >= 0.6 is 15.9 Å². The molecule has 0 N–H and O–H groups in total. The summed E-state index contributed by atoms with van der Waals surface area (Å²) in [6.07, 6.45) is -0.205. The minimum Gasteiger partial charge on any atom is -0.468 e. The average molecular weight is 533 g/mol. The Hall–Kier alpha value is -1.94. The predicted molar refractivity (Wildman–Crippen MR) is 120 cm³/mol. The lowest BCUT2D eigenvalue weighted by molar-refractivity contribution is -0.172. The Balaban J connectivity index is 2.48. The van der Waals surface area contributed by atoms with Crippen molar-refractivity contribution in [1.82, 2.24) is 0 Å². The van der Waals surface area contributed by atoms with E-state index in [4.69, 9.17) is 14.2 Å². The number of rotatable bonds is 9. The number of alkyl halides is 1. The van der Waals surface area contributed by atoms with Gasteiger partial charge in [-0.15, -0.1) is 0 Å². The van der Waals surface area contributed by atoms with E-state index in [0.717, 1.165) is 5.56 Å². The summed E-state index contributed by atoms with van der Waals surface area (Å²) in [6.45, 7) is 5.17. The van der Waals surface area contributed by atoms with Gasteiger partial charge in [-0.1, -0.05) is 33.6 Å². The molecule has 8 nitrogen and oxygen atoms in total. The van der Waals surface area contributed by atoms with E-state index in [-0.39, 0.29) is 36.7 Å². The van der Waals surface area contributed by atoms with Crippen LogP contribution in [-0.2, 0) is 38.4 Å². The second kappa shape index (κ2) is 10.8. The third kappa shape index (κ3) is 5.51. The summed E-state index contributed by atoms with van der Waals surface area (Å²) in [5.74, 6) is -3.88. The summed E-state index contributed by atoms with van der Waals surface area (Å²) >= 11 is 3.30. The first-order valence-electron chi connectivity index (χ1n) is 10.4. The molecule has 1 unspecified atom stereocenters. The number of hydrogen-bond acceptors (Lipinski definition) is 8. The van der Waals surface area contributed by atoms with Crippen LogP contribution in [-0.4, -0.2) is 57.2 Å². The highest BCUT2D eigenvalue weighted by Crippen LogP contribution is 2.51. The standard InChI is InChI=1S/C22H29BrO8S/c1-5-30-20(25)22(21(26)31-6-2)11-15(17(12-22)18(23)19(24)29-4)13-32(27,28)16-9-7-14(3)8-10-16/h7-10,15,17-18H,5-6,11-13H2,1-4H3/t15-,17-,18?/m1/s1. The summed E-state index contributed by atoms with van der Waals surface area (Å²) in [4.78, 5) is 37.3. The van der Waals surface area contributed by atoms with Crippen molar-refractivity contribution in [2.24, 2.45) is 17.3 Å². The molecular weight excluding hydrogens is 504 g/mol. The Morgan fingerprint density at radius 3 is 2.06 bits per heavy atom. The van der Waals surface area contributed by atoms with Gasteiger partial charge in [0.15, 0.2) is 15.3 Å². The van der Waals surface area contributed by atoms with Crippen LogP contribution in [0.25, 0.3) is 0 Å². The topological polar surface area (TPSA) is 113 Å². The first-order chi connectivity index (χ1) is 15.0. The Kier molecular flexibility index (Phi) is 8.87. The largest absolute Gasteiger partial charge is 0.468 e. The number of aryl methyl sites for hydroxylation is 1. The molecule has 1 saturated carbocycles. The molecule has 10 heteroatoms. The number of ether oxygens (including phenoxy) is 3. The third-order valence-electron chi connectivity index (χ3n) is 5.75. The summed E-state index contributed by atoms with van der Waals surface area (Å²) in [5, 5.41) is 0. The van der Waals surface area contributed by atoms with Crippen LogP contribution in [0.3, 0.4) is 0 Å². The SMILES string of the molecule is CCOC(=O)C1(C(=O)OCC)C[C@H](CS(=O)(=O)c2ccc(C)cc2)[C@H](C(Br)C(=O)OC)C1. The van der Waals surface area contributed by atoms with Gasteiger partial charge in [0.05, 0.1) is 31.0 Å². The highest BCUT2D eigenvalue weighted by atomic mass is 79.9. The lowest BCUT2D eigenvalue weighted by atomic mass is 9.84. The molecule has 3 atom stereocenters. The maximum Gasteiger partial charge on any atom is 0.323 e. The number of methoxy groups -OCH3 is 1. The molecule has 1 aliphatic carbocycles. The zero-order chi connectivity index (χ0) is 24.1. The summed E-state index contributed by atoms with van der Waals surface area (Å²) < 4.78 is 41.4. The number of carbonyl (C=O) groups excluding carboxylic acids is 3. The maximum absolute atomic E-state index is 13.1. The van der Waals surface area contributed by atoms with E-state index in [9.17, 15) is 22.8 Å². The number of benzene rings is 1. The van der Waals surface area contributed by atoms with Crippen molar-refractivity contribution in [2.45, 2.75) is 43.3 Å². The molecule has 1 fully saturated rings. The molecule has 1 aliphatic rings. The van der Waals surface area contributed by atoms with Crippen molar-refractivity contribution in [3.8, 4) is 0 Å². The minimum absolute atomic E-state index is 0.0474. The number of halogens is 1. The fraction of sp³-hybridized carbons (Fsp3) is 0.591. The van der Waals surface area contributed by atoms with Crippen LogP contribution in [0.15, 0.2) is 29.2 Å².